The molecule has 1 aromatic heterocycles. The van der Waals surface area contributed by atoms with E-state index in [0.29, 0.717) is 30.5 Å². The summed E-state index contributed by atoms with van der Waals surface area (Å²) in [5.74, 6) is 6.65. The van der Waals surface area contributed by atoms with Gasteiger partial charge in [0.2, 0.25) is 5.91 Å². The maximum atomic E-state index is 13.4. The number of hydrogen-bond donors (Lipinski definition) is 3. The number of amides is 1. The summed E-state index contributed by atoms with van der Waals surface area (Å²) in [4.78, 5) is 31.8. The quantitative estimate of drug-likeness (QED) is 0.545. The van der Waals surface area contributed by atoms with Crippen LogP contribution in [0.5, 0.6) is 0 Å². The Labute approximate surface area is 212 Å². The fourth-order valence-electron chi connectivity index (χ4n) is 6.28. The smallest absolute Gasteiger partial charge is 0.304 e. The van der Waals surface area contributed by atoms with E-state index in [0.717, 1.165) is 74.6 Å². The van der Waals surface area contributed by atoms with Crippen molar-refractivity contribution >= 4 is 23.4 Å². The molecular formula is C28H37N5O3. The largest absolute Gasteiger partial charge is 0.481 e. The molecule has 0 spiro atoms. The van der Waals surface area contributed by atoms with Crippen LogP contribution in [0.1, 0.15) is 79.5 Å². The number of carboxylic acid groups (broad SMARTS) is 1. The van der Waals surface area contributed by atoms with Crippen LogP contribution in [-0.2, 0) is 22.6 Å². The Morgan fingerprint density at radius 2 is 1.83 bits per heavy atom. The third-order valence-electron chi connectivity index (χ3n) is 8.38. The number of anilines is 2. The van der Waals surface area contributed by atoms with Gasteiger partial charge in [0.1, 0.15) is 0 Å². The molecule has 5 aliphatic heterocycles. The van der Waals surface area contributed by atoms with Crippen molar-refractivity contribution in [3.05, 3.63) is 52.7 Å². The lowest BCUT2D eigenvalue weighted by Crippen LogP contribution is -2.41. The summed E-state index contributed by atoms with van der Waals surface area (Å²) in [5, 5.41) is 11.3. The summed E-state index contributed by atoms with van der Waals surface area (Å²) in [6.45, 7) is 1.99. The first-order valence-corrected chi connectivity index (χ1v) is 13.3. The summed E-state index contributed by atoms with van der Waals surface area (Å²) >= 11 is 0. The Kier molecular flexibility index (Phi) is 7.14. The van der Waals surface area contributed by atoms with Crippen LogP contribution in [0.15, 0.2) is 30.5 Å². The molecule has 2 aromatic rings. The number of pyridine rings is 1. The molecule has 8 rings (SSSR count). The molecule has 1 saturated carbocycles. The highest BCUT2D eigenvalue weighted by Crippen LogP contribution is 2.36. The van der Waals surface area contributed by atoms with Gasteiger partial charge in [-0.05, 0) is 72.8 Å². The van der Waals surface area contributed by atoms with Crippen molar-refractivity contribution in [2.24, 2.45) is 17.7 Å². The van der Waals surface area contributed by atoms with E-state index in [-0.39, 0.29) is 18.2 Å². The van der Waals surface area contributed by atoms with Gasteiger partial charge in [0, 0.05) is 37.7 Å². The Hall–Kier alpha value is -3.13. The number of benzene rings is 1. The Bertz CT molecular complexity index is 1130. The second-order valence-electron chi connectivity index (χ2n) is 10.8. The fraction of sp³-hybridized carbons (Fsp3) is 0.536. The number of hydrazine groups is 1. The molecule has 1 aliphatic carbocycles. The molecule has 6 heterocycles. The molecule has 0 saturated heterocycles. The average Bonchev–Trinajstić information content (AvgIpc) is 2.88. The van der Waals surface area contributed by atoms with Gasteiger partial charge in [0.05, 0.1) is 12.1 Å². The van der Waals surface area contributed by atoms with Crippen LogP contribution in [0.3, 0.4) is 0 Å². The summed E-state index contributed by atoms with van der Waals surface area (Å²) in [6.07, 6.45) is 9.83. The monoisotopic (exact) mass is 491 g/mol. The Morgan fingerprint density at radius 1 is 1.03 bits per heavy atom. The number of carbonyl (C=O) groups excluding carboxylic acids is 1. The van der Waals surface area contributed by atoms with Crippen molar-refractivity contribution in [3.63, 3.8) is 0 Å². The van der Waals surface area contributed by atoms with Crippen LogP contribution >= 0.6 is 0 Å². The van der Waals surface area contributed by atoms with Crippen LogP contribution < -0.4 is 16.6 Å². The molecule has 8 nitrogen and oxygen atoms in total. The lowest BCUT2D eigenvalue weighted by molar-refractivity contribution is -0.138. The number of carbonyl (C=O) groups is 2. The third kappa shape index (κ3) is 5.19. The zero-order chi connectivity index (χ0) is 25.2. The van der Waals surface area contributed by atoms with Gasteiger partial charge in [0.25, 0.3) is 0 Å². The minimum Gasteiger partial charge on any atom is -0.481 e. The van der Waals surface area contributed by atoms with Crippen LogP contribution in [0, 0.1) is 11.8 Å². The normalized spacial score (nSPS) is 24.8. The predicted octanol–water partition coefficient (Wildman–Crippen LogP) is 3.83. The number of aliphatic carboxylic acids is 1. The van der Waals surface area contributed by atoms with E-state index in [4.69, 9.17) is 11.6 Å². The average molecular weight is 492 g/mol. The molecule has 1 atom stereocenters. The summed E-state index contributed by atoms with van der Waals surface area (Å²) in [7, 11) is 0. The SMILES string of the molecule is Nc1cc2cnc1N(N)CCCCC1CCC(CC1)C(=O)N1CCc3ccc(cc3C1)C2CC(=O)O. The first kappa shape index (κ1) is 24.6. The van der Waals surface area contributed by atoms with Gasteiger partial charge in [-0.15, -0.1) is 0 Å². The molecule has 1 unspecified atom stereocenters. The number of nitrogens with zero attached hydrogens (tertiary/aromatic N) is 3. The summed E-state index contributed by atoms with van der Waals surface area (Å²) in [6, 6.07) is 7.99. The first-order valence-electron chi connectivity index (χ1n) is 13.3. The number of aromatic nitrogens is 1. The van der Waals surface area contributed by atoms with Crippen molar-refractivity contribution in [1.29, 1.82) is 0 Å². The van der Waals surface area contributed by atoms with Crippen LogP contribution in [0.4, 0.5) is 11.5 Å². The second-order valence-corrected chi connectivity index (χ2v) is 10.8. The van der Waals surface area contributed by atoms with Crippen molar-refractivity contribution in [2.45, 2.75) is 70.3 Å². The van der Waals surface area contributed by atoms with E-state index in [2.05, 4.69) is 17.1 Å². The molecule has 36 heavy (non-hydrogen) atoms. The molecule has 8 heteroatoms. The summed E-state index contributed by atoms with van der Waals surface area (Å²) < 4.78 is 0. The molecule has 5 N–H and O–H groups in total. The van der Waals surface area contributed by atoms with Crippen molar-refractivity contribution in [1.82, 2.24) is 9.88 Å². The van der Waals surface area contributed by atoms with Gasteiger partial charge in [-0.25, -0.2) is 10.8 Å². The number of nitrogen functional groups attached to an aromatic ring is 1. The molecule has 1 amide bonds. The number of hydrogen-bond acceptors (Lipinski definition) is 6. The summed E-state index contributed by atoms with van der Waals surface area (Å²) in [5.41, 5.74) is 10.8. The standard InChI is InChI=1S/C28H37N5O3/c29-25-14-22-16-31-27(25)33(30)11-2-1-3-18-4-6-20(7-5-18)28(36)32-12-10-19-8-9-21(13-23(19)17-32)24(22)15-26(34)35/h8-9,13-14,16,18,20,24H,1-7,10-12,15,17,29-30H2,(H,34,35). The predicted molar refractivity (Wildman–Crippen MR) is 139 cm³/mol. The van der Waals surface area contributed by atoms with E-state index < -0.39 is 11.9 Å². The zero-order valence-corrected chi connectivity index (χ0v) is 20.9. The van der Waals surface area contributed by atoms with E-state index in [1.54, 1.807) is 11.2 Å². The van der Waals surface area contributed by atoms with Gasteiger partial charge < -0.3 is 15.7 Å². The van der Waals surface area contributed by atoms with Gasteiger partial charge in [0.15, 0.2) is 5.82 Å². The number of carboxylic acids is 1. The Balaban J connectivity index is 1.50. The molecular weight excluding hydrogens is 454 g/mol. The van der Waals surface area contributed by atoms with Crippen molar-refractivity contribution in [2.75, 3.05) is 23.8 Å². The molecule has 1 fully saturated rings. The van der Waals surface area contributed by atoms with Crippen LogP contribution in [0.25, 0.3) is 0 Å². The van der Waals surface area contributed by atoms with Crippen LogP contribution in [0.2, 0.25) is 0 Å². The molecule has 7 bridgehead atoms. The minimum atomic E-state index is -0.886. The van der Waals surface area contributed by atoms with E-state index in [1.165, 1.54) is 5.56 Å². The fourth-order valence-corrected chi connectivity index (χ4v) is 6.28. The van der Waals surface area contributed by atoms with Gasteiger partial charge in [-0.3, -0.25) is 14.6 Å². The topological polar surface area (TPSA) is 126 Å². The first-order chi connectivity index (χ1) is 17.4. The van der Waals surface area contributed by atoms with Crippen molar-refractivity contribution in [3.8, 4) is 0 Å². The lowest BCUT2D eigenvalue weighted by atomic mass is 9.79. The molecule has 6 aliphatic rings. The number of rotatable bonds is 2. The zero-order valence-electron chi connectivity index (χ0n) is 20.9. The highest BCUT2D eigenvalue weighted by atomic mass is 16.4. The van der Waals surface area contributed by atoms with E-state index >= 15 is 0 Å². The highest BCUT2D eigenvalue weighted by molar-refractivity contribution is 5.79. The van der Waals surface area contributed by atoms with E-state index in [1.807, 2.05) is 17.0 Å². The van der Waals surface area contributed by atoms with E-state index in [9.17, 15) is 14.7 Å². The molecule has 1 aromatic carbocycles. The highest BCUT2D eigenvalue weighted by Gasteiger charge is 2.31. The third-order valence-corrected chi connectivity index (χ3v) is 8.38. The molecule has 192 valence electrons. The second kappa shape index (κ2) is 10.5. The van der Waals surface area contributed by atoms with Gasteiger partial charge >= 0.3 is 5.97 Å². The maximum absolute atomic E-state index is 13.4. The Morgan fingerprint density at radius 3 is 2.58 bits per heavy atom. The van der Waals surface area contributed by atoms with Crippen LogP contribution in [-0.4, -0.2) is 40.0 Å². The minimum absolute atomic E-state index is 0.0719. The lowest BCUT2D eigenvalue weighted by Gasteiger charge is -2.35. The van der Waals surface area contributed by atoms with Gasteiger partial charge in [-0.1, -0.05) is 31.0 Å². The number of nitrogens with two attached hydrogens (primary N) is 2. The van der Waals surface area contributed by atoms with Crippen molar-refractivity contribution < 1.29 is 14.7 Å². The van der Waals surface area contributed by atoms with Gasteiger partial charge in [-0.2, -0.15) is 0 Å². The maximum Gasteiger partial charge on any atom is 0.304 e. The molecule has 0 radical (unpaired) electrons.